The van der Waals surface area contributed by atoms with Gasteiger partial charge in [0.1, 0.15) is 5.75 Å². The zero-order chi connectivity index (χ0) is 16.9. The molecule has 0 aliphatic carbocycles. The number of carbonyl (C=O) groups is 1. The van der Waals surface area contributed by atoms with Crippen LogP contribution in [-0.2, 0) is 11.2 Å². The first-order valence-electron chi connectivity index (χ1n) is 7.22. The second kappa shape index (κ2) is 7.51. The molecule has 24 heavy (non-hydrogen) atoms. The Bertz CT molecular complexity index is 806. The van der Waals surface area contributed by atoms with Crippen LogP contribution in [0.15, 0.2) is 58.7 Å². The molecule has 1 fully saturated rings. The summed E-state index contributed by atoms with van der Waals surface area (Å²) in [6.45, 7) is 0. The topological polar surface area (TPSA) is 74.0 Å². The van der Waals surface area contributed by atoms with Crippen LogP contribution in [-0.4, -0.2) is 27.6 Å². The third-order valence-corrected chi connectivity index (χ3v) is 4.64. The number of carbonyl (C=O) groups excluding carboxylic acids is 1. The van der Waals surface area contributed by atoms with Gasteiger partial charge >= 0.3 is 0 Å². The second-order valence-electron chi connectivity index (χ2n) is 5.17. The fourth-order valence-electron chi connectivity index (χ4n) is 2.17. The highest BCUT2D eigenvalue weighted by molar-refractivity contribution is 8.15. The molecule has 0 aromatic heterocycles. The van der Waals surface area contributed by atoms with Crippen LogP contribution in [0.5, 0.6) is 5.75 Å². The Kier molecular flexibility index (Phi) is 5.17. The van der Waals surface area contributed by atoms with Crippen molar-refractivity contribution in [3.8, 4) is 5.75 Å². The van der Waals surface area contributed by atoms with Gasteiger partial charge in [-0.3, -0.25) is 4.79 Å². The molecule has 0 unspecified atom stereocenters. The molecule has 1 saturated heterocycles. The number of nitrogens with one attached hydrogen (secondary N) is 1. The highest BCUT2D eigenvalue weighted by Crippen LogP contribution is 2.24. The monoisotopic (exact) mass is 359 g/mol. The summed E-state index contributed by atoms with van der Waals surface area (Å²) in [5.74, 6) is 0.111. The van der Waals surface area contributed by atoms with E-state index in [1.54, 1.807) is 36.5 Å². The third kappa shape index (κ3) is 4.37. The predicted octanol–water partition coefficient (Wildman–Crippen LogP) is 3.21. The number of halogens is 1. The number of amides is 1. The van der Waals surface area contributed by atoms with E-state index in [4.69, 9.17) is 11.6 Å². The van der Waals surface area contributed by atoms with E-state index in [1.807, 2.05) is 18.2 Å². The number of phenols is 1. The summed E-state index contributed by atoms with van der Waals surface area (Å²) in [6, 6.07) is 14.1. The largest absolute Gasteiger partial charge is 0.508 e. The summed E-state index contributed by atoms with van der Waals surface area (Å²) in [5.41, 5.74) is 1.81. The second-order valence-corrected chi connectivity index (χ2v) is 6.80. The first-order valence-corrected chi connectivity index (χ1v) is 8.48. The summed E-state index contributed by atoms with van der Waals surface area (Å²) < 4.78 is 0. The Balaban J connectivity index is 1.62. The van der Waals surface area contributed by atoms with E-state index in [1.165, 1.54) is 11.8 Å². The molecule has 0 saturated carbocycles. The molecule has 3 rings (SSSR count). The van der Waals surface area contributed by atoms with Gasteiger partial charge in [-0.1, -0.05) is 35.5 Å². The van der Waals surface area contributed by atoms with Gasteiger partial charge in [-0.2, -0.15) is 5.10 Å². The van der Waals surface area contributed by atoms with Crippen LogP contribution in [0, 0.1) is 0 Å². The lowest BCUT2D eigenvalue weighted by molar-refractivity contribution is -0.118. The van der Waals surface area contributed by atoms with Crippen LogP contribution in [0.25, 0.3) is 0 Å². The molecule has 0 radical (unpaired) electrons. The first-order chi connectivity index (χ1) is 11.6. The molecule has 1 aliphatic heterocycles. The quantitative estimate of drug-likeness (QED) is 0.650. The van der Waals surface area contributed by atoms with Crippen molar-refractivity contribution in [2.24, 2.45) is 10.2 Å². The molecule has 1 heterocycles. The molecule has 122 valence electrons. The number of benzene rings is 2. The summed E-state index contributed by atoms with van der Waals surface area (Å²) in [7, 11) is 0. The lowest BCUT2D eigenvalue weighted by Crippen LogP contribution is -2.25. The number of aromatic hydroxyl groups is 1. The fraction of sp³-hybridized carbons (Fsp3) is 0.118. The van der Waals surface area contributed by atoms with E-state index in [-0.39, 0.29) is 16.9 Å². The van der Waals surface area contributed by atoms with Gasteiger partial charge in [-0.25, -0.2) is 0 Å². The summed E-state index contributed by atoms with van der Waals surface area (Å²) >= 11 is 7.32. The Morgan fingerprint density at radius 1 is 1.25 bits per heavy atom. The molecule has 0 bridgehead atoms. The fourth-order valence-corrected chi connectivity index (χ4v) is 3.35. The van der Waals surface area contributed by atoms with Crippen molar-refractivity contribution in [1.29, 1.82) is 0 Å². The average Bonchev–Trinajstić information content (AvgIpc) is 2.89. The van der Waals surface area contributed by atoms with E-state index in [9.17, 15) is 9.90 Å². The molecule has 2 N–H and O–H groups in total. The maximum absolute atomic E-state index is 12.0. The zero-order valence-electron chi connectivity index (χ0n) is 12.5. The number of amidine groups is 1. The number of phenolic OH excluding ortho intramolecular Hbond substituents is 1. The molecule has 1 aliphatic rings. The molecule has 2 aromatic carbocycles. The minimum absolute atomic E-state index is 0.0847. The van der Waals surface area contributed by atoms with Gasteiger partial charge in [0.25, 0.3) is 0 Å². The Morgan fingerprint density at radius 3 is 2.79 bits per heavy atom. The molecule has 1 amide bonds. The molecule has 1 atom stereocenters. The number of nitrogens with zero attached hydrogens (tertiary/aromatic N) is 2. The van der Waals surface area contributed by atoms with Crippen molar-refractivity contribution in [3.05, 3.63) is 64.7 Å². The number of hydrogen-bond acceptors (Lipinski definition) is 5. The molecule has 5 nitrogen and oxygen atoms in total. The highest BCUT2D eigenvalue weighted by Gasteiger charge is 2.30. The van der Waals surface area contributed by atoms with E-state index in [0.717, 1.165) is 11.1 Å². The Morgan fingerprint density at radius 2 is 2.04 bits per heavy atom. The maximum Gasteiger partial charge on any atom is 0.239 e. The van der Waals surface area contributed by atoms with Crippen LogP contribution in [0.4, 0.5) is 0 Å². The van der Waals surface area contributed by atoms with E-state index in [2.05, 4.69) is 15.5 Å². The predicted molar refractivity (Wildman–Crippen MR) is 97.8 cm³/mol. The van der Waals surface area contributed by atoms with Gasteiger partial charge in [-0.05, 0) is 53.9 Å². The van der Waals surface area contributed by atoms with Crippen molar-refractivity contribution in [2.75, 3.05) is 0 Å². The minimum Gasteiger partial charge on any atom is -0.508 e. The molecular weight excluding hydrogens is 346 g/mol. The summed E-state index contributed by atoms with van der Waals surface area (Å²) in [5, 5.41) is 20.8. The van der Waals surface area contributed by atoms with Gasteiger partial charge in [0.05, 0.1) is 11.5 Å². The standard InChI is InChI=1S/C17H14ClN3O2S/c18-13-3-1-2-12(8-13)9-15-16(23)20-17(24-15)21-19-10-11-4-6-14(22)7-5-11/h1-8,10,15,22H,9H2,(H,20,21,23)/b19-10-/t15-/m0/s1. The van der Waals surface area contributed by atoms with Gasteiger partial charge in [0.15, 0.2) is 5.17 Å². The van der Waals surface area contributed by atoms with E-state index < -0.39 is 0 Å². The lowest BCUT2D eigenvalue weighted by Gasteiger charge is -2.05. The van der Waals surface area contributed by atoms with Crippen LogP contribution < -0.4 is 5.32 Å². The van der Waals surface area contributed by atoms with Crippen molar-refractivity contribution in [3.63, 3.8) is 0 Å². The zero-order valence-corrected chi connectivity index (χ0v) is 14.1. The molecule has 7 heteroatoms. The minimum atomic E-state index is -0.244. The van der Waals surface area contributed by atoms with E-state index in [0.29, 0.717) is 16.6 Å². The number of rotatable bonds is 4. The first kappa shape index (κ1) is 16.5. The van der Waals surface area contributed by atoms with Crippen molar-refractivity contribution in [2.45, 2.75) is 11.7 Å². The molecule has 0 spiro atoms. The molecule has 2 aromatic rings. The van der Waals surface area contributed by atoms with E-state index >= 15 is 0 Å². The highest BCUT2D eigenvalue weighted by atomic mass is 35.5. The van der Waals surface area contributed by atoms with Gasteiger partial charge in [-0.15, -0.1) is 5.10 Å². The van der Waals surface area contributed by atoms with Crippen LogP contribution >= 0.6 is 23.4 Å². The maximum atomic E-state index is 12.0. The van der Waals surface area contributed by atoms with Crippen molar-refractivity contribution < 1.29 is 9.90 Å². The van der Waals surface area contributed by atoms with Gasteiger partial charge in [0.2, 0.25) is 5.91 Å². The summed E-state index contributed by atoms with van der Waals surface area (Å²) in [4.78, 5) is 12.0. The average molecular weight is 360 g/mol. The van der Waals surface area contributed by atoms with Crippen LogP contribution in [0.3, 0.4) is 0 Å². The third-order valence-electron chi connectivity index (χ3n) is 3.34. The Labute approximate surface area is 148 Å². The van der Waals surface area contributed by atoms with Gasteiger partial charge in [0, 0.05) is 5.02 Å². The molecular formula is C17H14ClN3O2S. The number of hydrogen-bond donors (Lipinski definition) is 2. The van der Waals surface area contributed by atoms with Crippen molar-refractivity contribution >= 4 is 40.7 Å². The SMILES string of the molecule is O=C1N/C(=N/N=C\c2ccc(O)cc2)S[C@H]1Cc1cccc(Cl)c1. The summed E-state index contributed by atoms with van der Waals surface area (Å²) in [6.07, 6.45) is 2.14. The van der Waals surface area contributed by atoms with Crippen LogP contribution in [0.2, 0.25) is 5.02 Å². The van der Waals surface area contributed by atoms with Crippen LogP contribution in [0.1, 0.15) is 11.1 Å². The van der Waals surface area contributed by atoms with Crippen molar-refractivity contribution in [1.82, 2.24) is 5.32 Å². The normalized spacial score (nSPS) is 19.1. The Hall–Kier alpha value is -2.31. The lowest BCUT2D eigenvalue weighted by atomic mass is 10.1. The smallest absolute Gasteiger partial charge is 0.239 e. The van der Waals surface area contributed by atoms with Gasteiger partial charge < -0.3 is 10.4 Å². The number of thioether (sulfide) groups is 1.